The third kappa shape index (κ3) is 4.18. The van der Waals surface area contributed by atoms with Gasteiger partial charge in [-0.05, 0) is 50.8 Å². The second-order valence-corrected chi connectivity index (χ2v) is 6.36. The van der Waals surface area contributed by atoms with E-state index >= 15 is 0 Å². The normalized spacial score (nSPS) is 14.1. The van der Waals surface area contributed by atoms with E-state index < -0.39 is 0 Å². The predicted octanol–water partition coefficient (Wildman–Crippen LogP) is 5.06. The molecule has 0 saturated carbocycles. The van der Waals surface area contributed by atoms with E-state index in [-0.39, 0.29) is 0 Å². The zero-order valence-electron chi connectivity index (χ0n) is 13.6. The highest BCUT2D eigenvalue weighted by Crippen LogP contribution is 2.25. The van der Waals surface area contributed by atoms with E-state index in [2.05, 4.69) is 81.6 Å². The molecule has 0 aliphatic heterocycles. The molecule has 21 heavy (non-hydrogen) atoms. The number of benzene rings is 2. The summed E-state index contributed by atoms with van der Waals surface area (Å²) >= 11 is 0. The molecule has 1 atom stereocenters. The standard InChI is InChI=1S/C20H28N/c1-18(2)21(3,20-15-8-5-9-16-20)17-11-10-14-19-12-6-4-7-13-19/h4-9,12-13,15-16,18H,10-11,14,17H2,1-3H3/q+1. The summed E-state index contributed by atoms with van der Waals surface area (Å²) in [6.45, 7) is 5.85. The maximum Gasteiger partial charge on any atom is 0.132 e. The molecule has 2 aromatic carbocycles. The van der Waals surface area contributed by atoms with Gasteiger partial charge in [-0.3, -0.25) is 4.48 Å². The number of hydrogen-bond acceptors (Lipinski definition) is 0. The molecule has 0 bridgehead atoms. The quantitative estimate of drug-likeness (QED) is 0.492. The van der Waals surface area contributed by atoms with Crippen molar-refractivity contribution in [3.63, 3.8) is 0 Å². The Balaban J connectivity index is 1.92. The lowest BCUT2D eigenvalue weighted by Gasteiger charge is -2.38. The van der Waals surface area contributed by atoms with Crippen molar-refractivity contribution in [3.8, 4) is 0 Å². The molecule has 0 aliphatic rings. The van der Waals surface area contributed by atoms with Gasteiger partial charge in [0.2, 0.25) is 0 Å². The second kappa shape index (κ2) is 7.42. The maximum atomic E-state index is 2.36. The number of para-hydroxylation sites is 1. The monoisotopic (exact) mass is 282 g/mol. The van der Waals surface area contributed by atoms with Crippen molar-refractivity contribution in [3.05, 3.63) is 66.2 Å². The summed E-state index contributed by atoms with van der Waals surface area (Å²) in [4.78, 5) is 0. The summed E-state index contributed by atoms with van der Waals surface area (Å²) < 4.78 is 1.02. The Kier molecular flexibility index (Phi) is 5.58. The highest BCUT2D eigenvalue weighted by atomic mass is 15.4. The van der Waals surface area contributed by atoms with Gasteiger partial charge in [0.05, 0.1) is 19.6 Å². The maximum absolute atomic E-state index is 2.36. The van der Waals surface area contributed by atoms with E-state index in [0.29, 0.717) is 6.04 Å². The van der Waals surface area contributed by atoms with Crippen molar-refractivity contribution in [2.24, 2.45) is 0 Å². The fourth-order valence-corrected chi connectivity index (χ4v) is 2.87. The second-order valence-electron chi connectivity index (χ2n) is 6.36. The third-order valence-corrected chi connectivity index (χ3v) is 4.67. The summed E-state index contributed by atoms with van der Waals surface area (Å²) in [5.41, 5.74) is 2.88. The summed E-state index contributed by atoms with van der Waals surface area (Å²) in [6.07, 6.45) is 3.71. The first kappa shape index (κ1) is 15.8. The average molecular weight is 282 g/mol. The van der Waals surface area contributed by atoms with Crippen LogP contribution in [0, 0.1) is 0 Å². The molecule has 0 amide bonds. The van der Waals surface area contributed by atoms with E-state index in [9.17, 15) is 0 Å². The molecule has 0 saturated heterocycles. The Hall–Kier alpha value is -1.60. The van der Waals surface area contributed by atoms with Crippen LogP contribution in [0.25, 0.3) is 0 Å². The molecule has 0 aliphatic carbocycles. The van der Waals surface area contributed by atoms with E-state index in [0.717, 1.165) is 4.48 Å². The summed E-state index contributed by atoms with van der Waals surface area (Å²) in [6, 6.07) is 22.3. The minimum atomic E-state index is 0.601. The van der Waals surface area contributed by atoms with Crippen molar-refractivity contribution in [2.75, 3.05) is 13.6 Å². The molecule has 0 aromatic heterocycles. The molecule has 1 heteroatoms. The van der Waals surface area contributed by atoms with Gasteiger partial charge in [0.15, 0.2) is 0 Å². The van der Waals surface area contributed by atoms with Crippen molar-refractivity contribution in [2.45, 2.75) is 39.2 Å². The van der Waals surface area contributed by atoms with Gasteiger partial charge in [-0.15, -0.1) is 0 Å². The number of hydrogen-bond donors (Lipinski definition) is 0. The van der Waals surface area contributed by atoms with Crippen LogP contribution in [-0.4, -0.2) is 19.6 Å². The average Bonchev–Trinajstić information content (AvgIpc) is 2.53. The molecule has 1 nitrogen and oxygen atoms in total. The zero-order chi connectivity index (χ0) is 15.1. The van der Waals surface area contributed by atoms with E-state index in [1.54, 1.807) is 0 Å². The summed E-state index contributed by atoms with van der Waals surface area (Å²) in [5.74, 6) is 0. The first-order chi connectivity index (χ1) is 10.1. The minimum Gasteiger partial charge on any atom is -0.292 e. The van der Waals surface area contributed by atoms with Crippen LogP contribution in [0.3, 0.4) is 0 Å². The molecule has 2 aromatic rings. The van der Waals surface area contributed by atoms with E-state index in [4.69, 9.17) is 0 Å². The fourth-order valence-electron chi connectivity index (χ4n) is 2.87. The molecule has 0 spiro atoms. The Bertz CT molecular complexity index is 518. The first-order valence-corrected chi connectivity index (χ1v) is 8.07. The van der Waals surface area contributed by atoms with E-state index in [1.165, 1.54) is 37.1 Å². The van der Waals surface area contributed by atoms with Crippen LogP contribution in [0.5, 0.6) is 0 Å². The fraction of sp³-hybridized carbons (Fsp3) is 0.400. The number of unbranched alkanes of at least 4 members (excludes halogenated alkanes) is 1. The zero-order valence-corrected chi connectivity index (χ0v) is 13.6. The number of rotatable bonds is 7. The molecule has 0 fully saturated rings. The van der Waals surface area contributed by atoms with Gasteiger partial charge >= 0.3 is 0 Å². The summed E-state index contributed by atoms with van der Waals surface area (Å²) in [7, 11) is 2.36. The van der Waals surface area contributed by atoms with E-state index in [1.807, 2.05) is 0 Å². The molecular weight excluding hydrogens is 254 g/mol. The number of nitrogens with zero attached hydrogens (tertiary/aromatic N) is 1. The van der Waals surface area contributed by atoms with Crippen molar-refractivity contribution in [1.82, 2.24) is 4.48 Å². The van der Waals surface area contributed by atoms with Crippen molar-refractivity contribution < 1.29 is 0 Å². The molecular formula is C20H28N+. The van der Waals surface area contributed by atoms with Crippen LogP contribution in [0.2, 0.25) is 0 Å². The van der Waals surface area contributed by atoms with Gasteiger partial charge in [0.1, 0.15) is 5.69 Å². The molecule has 0 heterocycles. The topological polar surface area (TPSA) is 0 Å². The Morgan fingerprint density at radius 2 is 1.38 bits per heavy atom. The third-order valence-electron chi connectivity index (χ3n) is 4.67. The molecule has 112 valence electrons. The van der Waals surface area contributed by atoms with Gasteiger partial charge in [0.25, 0.3) is 0 Å². The van der Waals surface area contributed by atoms with Gasteiger partial charge in [-0.1, -0.05) is 48.5 Å². The van der Waals surface area contributed by atoms with Crippen LogP contribution >= 0.6 is 0 Å². The lowest BCUT2D eigenvalue weighted by Crippen LogP contribution is -2.51. The van der Waals surface area contributed by atoms with Crippen molar-refractivity contribution >= 4 is 5.69 Å². The van der Waals surface area contributed by atoms with Crippen LogP contribution in [0.1, 0.15) is 32.3 Å². The van der Waals surface area contributed by atoms with Crippen LogP contribution < -0.4 is 4.48 Å². The van der Waals surface area contributed by atoms with Crippen LogP contribution in [0.4, 0.5) is 5.69 Å². The lowest BCUT2D eigenvalue weighted by atomic mass is 10.1. The minimum absolute atomic E-state index is 0.601. The Labute approximate surface area is 129 Å². The Morgan fingerprint density at radius 3 is 1.95 bits per heavy atom. The first-order valence-electron chi connectivity index (χ1n) is 8.07. The van der Waals surface area contributed by atoms with Crippen LogP contribution in [0.15, 0.2) is 60.7 Å². The number of quaternary nitrogens is 1. The van der Waals surface area contributed by atoms with Gasteiger partial charge in [-0.25, -0.2) is 0 Å². The highest BCUT2D eigenvalue weighted by Gasteiger charge is 2.27. The van der Waals surface area contributed by atoms with Crippen molar-refractivity contribution in [1.29, 1.82) is 0 Å². The largest absolute Gasteiger partial charge is 0.292 e. The molecule has 2 rings (SSSR count). The van der Waals surface area contributed by atoms with Gasteiger partial charge in [-0.2, -0.15) is 0 Å². The molecule has 0 N–H and O–H groups in total. The molecule has 1 unspecified atom stereocenters. The SMILES string of the molecule is CC(C)[N+](C)(CCCCc1ccccc1)c1ccccc1. The number of aryl methyl sites for hydroxylation is 1. The molecule has 0 radical (unpaired) electrons. The van der Waals surface area contributed by atoms with Gasteiger partial charge in [0, 0.05) is 0 Å². The smallest absolute Gasteiger partial charge is 0.132 e. The Morgan fingerprint density at radius 1 is 0.810 bits per heavy atom. The lowest BCUT2D eigenvalue weighted by molar-refractivity contribution is 0.266. The predicted molar refractivity (Wildman–Crippen MR) is 93.5 cm³/mol. The van der Waals surface area contributed by atoms with Gasteiger partial charge < -0.3 is 0 Å². The van der Waals surface area contributed by atoms with Crippen LogP contribution in [-0.2, 0) is 6.42 Å². The highest BCUT2D eigenvalue weighted by molar-refractivity contribution is 5.42. The summed E-state index contributed by atoms with van der Waals surface area (Å²) in [5, 5.41) is 0.